The van der Waals surface area contributed by atoms with Gasteiger partial charge in [-0.05, 0) is 43.7 Å². The van der Waals surface area contributed by atoms with E-state index >= 15 is 0 Å². The zero-order valence-corrected chi connectivity index (χ0v) is 13.8. The fourth-order valence-electron chi connectivity index (χ4n) is 3.21. The Kier molecular flexibility index (Phi) is 6.02. The van der Waals surface area contributed by atoms with E-state index in [2.05, 4.69) is 0 Å². The molecule has 5 nitrogen and oxygen atoms in total. The van der Waals surface area contributed by atoms with Crippen LogP contribution in [0, 0.1) is 11.8 Å². The van der Waals surface area contributed by atoms with Crippen molar-refractivity contribution in [2.24, 2.45) is 11.8 Å². The fraction of sp³-hybridized carbons (Fsp3) is 0.556. The number of nitrogens with zero attached hydrogens (tertiary/aromatic N) is 1. The van der Waals surface area contributed by atoms with E-state index in [1.54, 1.807) is 12.0 Å². The molecule has 2 rings (SSSR count). The van der Waals surface area contributed by atoms with Gasteiger partial charge < -0.3 is 14.7 Å². The minimum atomic E-state index is -0.736. The number of rotatable bonds is 6. The maximum atomic E-state index is 12.5. The Hall–Kier alpha value is -2.04. The smallest absolute Gasteiger partial charge is 0.306 e. The van der Waals surface area contributed by atoms with Gasteiger partial charge in [-0.3, -0.25) is 9.59 Å². The van der Waals surface area contributed by atoms with Crippen molar-refractivity contribution in [2.45, 2.75) is 32.1 Å². The predicted molar refractivity (Wildman–Crippen MR) is 87.4 cm³/mol. The van der Waals surface area contributed by atoms with Crippen molar-refractivity contribution in [1.29, 1.82) is 0 Å². The number of carbonyl (C=O) groups excluding carboxylic acids is 1. The van der Waals surface area contributed by atoms with Gasteiger partial charge in [-0.25, -0.2) is 0 Å². The molecule has 5 heteroatoms. The van der Waals surface area contributed by atoms with Gasteiger partial charge in [0.1, 0.15) is 5.75 Å². The number of carbonyl (C=O) groups is 2. The Bertz CT molecular complexity index is 550. The van der Waals surface area contributed by atoms with E-state index in [4.69, 9.17) is 9.84 Å². The number of methoxy groups -OCH3 is 1. The number of benzene rings is 1. The van der Waals surface area contributed by atoms with Gasteiger partial charge in [0.15, 0.2) is 0 Å². The monoisotopic (exact) mass is 319 g/mol. The summed E-state index contributed by atoms with van der Waals surface area (Å²) in [4.78, 5) is 25.2. The first-order valence-corrected chi connectivity index (χ1v) is 8.12. The first kappa shape index (κ1) is 17.3. The molecule has 0 unspecified atom stereocenters. The Morgan fingerprint density at radius 1 is 1.17 bits per heavy atom. The quantitative estimate of drug-likeness (QED) is 0.875. The second kappa shape index (κ2) is 7.99. The van der Waals surface area contributed by atoms with Crippen molar-refractivity contribution in [3.05, 3.63) is 29.8 Å². The summed E-state index contributed by atoms with van der Waals surface area (Å²) in [6, 6.07) is 7.82. The molecule has 1 aliphatic rings. The Balaban J connectivity index is 1.85. The minimum absolute atomic E-state index is 0.0340. The summed E-state index contributed by atoms with van der Waals surface area (Å²) >= 11 is 0. The summed E-state index contributed by atoms with van der Waals surface area (Å²) in [7, 11) is 3.47. The third kappa shape index (κ3) is 4.47. The molecule has 0 saturated heterocycles. The second-order valence-electron chi connectivity index (χ2n) is 6.21. The van der Waals surface area contributed by atoms with Crippen LogP contribution in [-0.4, -0.2) is 42.6 Å². The third-order valence-electron chi connectivity index (χ3n) is 4.71. The molecule has 1 aromatic rings. The van der Waals surface area contributed by atoms with Crippen LogP contribution in [0.25, 0.3) is 0 Å². The lowest BCUT2D eigenvalue weighted by molar-refractivity contribution is -0.145. The van der Waals surface area contributed by atoms with E-state index in [0.717, 1.165) is 17.7 Å². The molecule has 1 aromatic carbocycles. The van der Waals surface area contributed by atoms with Crippen LogP contribution in [0.1, 0.15) is 31.2 Å². The third-order valence-corrected chi connectivity index (χ3v) is 4.71. The van der Waals surface area contributed by atoms with E-state index in [1.165, 1.54) is 0 Å². The molecule has 1 aliphatic carbocycles. The molecular formula is C18H25NO4. The summed E-state index contributed by atoms with van der Waals surface area (Å²) < 4.78 is 5.33. The normalized spacial score (nSPS) is 20.8. The molecule has 0 bridgehead atoms. The standard InChI is InChI=1S/C18H25NO4/c1-19(12-11-13-5-3-4-6-16(13)23-2)17(20)14-7-9-15(10-8-14)18(21)22/h3-6,14-15H,7-12H2,1-2H3,(H,21,22). The molecule has 0 heterocycles. The summed E-state index contributed by atoms with van der Waals surface area (Å²) in [6.07, 6.45) is 3.30. The summed E-state index contributed by atoms with van der Waals surface area (Å²) in [5.74, 6) is -0.0781. The van der Waals surface area contributed by atoms with Gasteiger partial charge in [-0.1, -0.05) is 18.2 Å². The average Bonchev–Trinajstić information content (AvgIpc) is 2.59. The number of hydrogen-bond donors (Lipinski definition) is 1. The first-order chi connectivity index (χ1) is 11.0. The Labute approximate surface area is 137 Å². The van der Waals surface area contributed by atoms with E-state index in [-0.39, 0.29) is 17.7 Å². The zero-order chi connectivity index (χ0) is 16.8. The van der Waals surface area contributed by atoms with Crippen LogP contribution < -0.4 is 4.74 Å². The molecule has 1 amide bonds. The number of carboxylic acids is 1. The van der Waals surface area contributed by atoms with Crippen LogP contribution in [0.15, 0.2) is 24.3 Å². The molecule has 0 radical (unpaired) electrons. The molecule has 0 aliphatic heterocycles. The van der Waals surface area contributed by atoms with Gasteiger partial charge >= 0.3 is 5.97 Å². The molecule has 1 saturated carbocycles. The van der Waals surface area contributed by atoms with E-state index in [1.807, 2.05) is 31.3 Å². The highest BCUT2D eigenvalue weighted by molar-refractivity contribution is 5.79. The van der Waals surface area contributed by atoms with Crippen molar-refractivity contribution in [2.75, 3.05) is 20.7 Å². The largest absolute Gasteiger partial charge is 0.496 e. The maximum absolute atomic E-state index is 12.5. The zero-order valence-electron chi connectivity index (χ0n) is 13.8. The topological polar surface area (TPSA) is 66.8 Å². The molecule has 23 heavy (non-hydrogen) atoms. The number of likely N-dealkylation sites (N-methyl/N-ethyl adjacent to an activating group) is 1. The summed E-state index contributed by atoms with van der Waals surface area (Å²) in [5, 5.41) is 9.02. The van der Waals surface area contributed by atoms with Gasteiger partial charge in [-0.15, -0.1) is 0 Å². The highest BCUT2D eigenvalue weighted by Crippen LogP contribution is 2.30. The van der Waals surface area contributed by atoms with Gasteiger partial charge in [-0.2, -0.15) is 0 Å². The number of amides is 1. The van der Waals surface area contributed by atoms with E-state index in [9.17, 15) is 9.59 Å². The van der Waals surface area contributed by atoms with Gasteiger partial charge in [0.25, 0.3) is 0 Å². The van der Waals surface area contributed by atoms with E-state index < -0.39 is 5.97 Å². The number of carboxylic acid groups (broad SMARTS) is 1. The molecule has 126 valence electrons. The van der Waals surface area contributed by atoms with Crippen LogP contribution in [0.2, 0.25) is 0 Å². The Morgan fingerprint density at radius 3 is 2.39 bits per heavy atom. The van der Waals surface area contributed by atoms with Crippen LogP contribution in [-0.2, 0) is 16.0 Å². The lowest BCUT2D eigenvalue weighted by Crippen LogP contribution is -2.37. The predicted octanol–water partition coefficient (Wildman–Crippen LogP) is 2.59. The molecular weight excluding hydrogens is 294 g/mol. The lowest BCUT2D eigenvalue weighted by Gasteiger charge is -2.29. The fourth-order valence-corrected chi connectivity index (χ4v) is 3.21. The number of aliphatic carboxylic acids is 1. The molecule has 0 spiro atoms. The lowest BCUT2D eigenvalue weighted by atomic mass is 9.81. The minimum Gasteiger partial charge on any atom is -0.496 e. The van der Waals surface area contributed by atoms with Gasteiger partial charge in [0.2, 0.25) is 5.91 Å². The second-order valence-corrected chi connectivity index (χ2v) is 6.21. The van der Waals surface area contributed by atoms with Crippen molar-refractivity contribution in [3.8, 4) is 5.75 Å². The van der Waals surface area contributed by atoms with Crippen molar-refractivity contribution in [3.63, 3.8) is 0 Å². The number of hydrogen-bond acceptors (Lipinski definition) is 3. The molecule has 0 aromatic heterocycles. The van der Waals surface area contributed by atoms with Crippen molar-refractivity contribution >= 4 is 11.9 Å². The SMILES string of the molecule is COc1ccccc1CCN(C)C(=O)C1CCC(C(=O)O)CC1. The van der Waals surface area contributed by atoms with Crippen LogP contribution in [0.4, 0.5) is 0 Å². The maximum Gasteiger partial charge on any atom is 0.306 e. The van der Waals surface area contributed by atoms with Crippen LogP contribution in [0.5, 0.6) is 5.75 Å². The van der Waals surface area contributed by atoms with Crippen molar-refractivity contribution in [1.82, 2.24) is 4.90 Å². The Morgan fingerprint density at radius 2 is 1.78 bits per heavy atom. The summed E-state index contributed by atoms with van der Waals surface area (Å²) in [5.41, 5.74) is 1.09. The van der Waals surface area contributed by atoms with E-state index in [0.29, 0.717) is 32.2 Å². The molecule has 0 atom stereocenters. The van der Waals surface area contributed by atoms with Gasteiger partial charge in [0, 0.05) is 19.5 Å². The van der Waals surface area contributed by atoms with Crippen LogP contribution >= 0.6 is 0 Å². The first-order valence-electron chi connectivity index (χ1n) is 8.12. The molecule has 1 N–H and O–H groups in total. The molecule has 1 fully saturated rings. The number of ether oxygens (including phenoxy) is 1. The highest BCUT2D eigenvalue weighted by Gasteiger charge is 2.31. The average molecular weight is 319 g/mol. The van der Waals surface area contributed by atoms with Crippen molar-refractivity contribution < 1.29 is 19.4 Å². The van der Waals surface area contributed by atoms with Gasteiger partial charge in [0.05, 0.1) is 13.0 Å². The summed E-state index contributed by atoms with van der Waals surface area (Å²) in [6.45, 7) is 0.637. The number of para-hydroxylation sites is 1. The van der Waals surface area contributed by atoms with Crippen LogP contribution in [0.3, 0.4) is 0 Å². The highest BCUT2D eigenvalue weighted by atomic mass is 16.5.